The number of rotatable bonds is 5. The Labute approximate surface area is 87.0 Å². The fraction of sp³-hybridized carbons (Fsp3) is 0.667. The number of aromatic nitrogens is 3. The molecule has 0 saturated carbocycles. The van der Waals surface area contributed by atoms with Crippen LogP contribution in [-0.4, -0.2) is 44.0 Å². The Bertz CT molecular complexity index is 426. The van der Waals surface area contributed by atoms with Gasteiger partial charge in [0.15, 0.2) is 0 Å². The van der Waals surface area contributed by atoms with Crippen molar-refractivity contribution < 1.29 is 17.9 Å². The molecule has 0 aromatic carbocycles. The topological polar surface area (TPSA) is 109 Å². The number of nitrogens with two attached hydrogens (primary N) is 1. The maximum Gasteiger partial charge on any atom is 0.317 e. The van der Waals surface area contributed by atoms with Crippen molar-refractivity contribution in [1.82, 2.24) is 14.8 Å². The molecule has 1 heterocycles. The summed E-state index contributed by atoms with van der Waals surface area (Å²) in [5.41, 5.74) is 0. The van der Waals surface area contributed by atoms with E-state index in [1.54, 1.807) is 0 Å². The molecule has 9 heteroatoms. The van der Waals surface area contributed by atoms with Crippen LogP contribution in [0.15, 0.2) is 5.16 Å². The SMILES string of the molecule is COCCn1c(OC)nnc1S(N)(=O)=O. The first-order valence-electron chi connectivity index (χ1n) is 3.99. The lowest BCUT2D eigenvalue weighted by Crippen LogP contribution is -2.20. The second-order valence-corrected chi connectivity index (χ2v) is 4.11. The van der Waals surface area contributed by atoms with Gasteiger partial charge in [0.25, 0.3) is 15.2 Å². The van der Waals surface area contributed by atoms with E-state index in [2.05, 4.69) is 10.2 Å². The summed E-state index contributed by atoms with van der Waals surface area (Å²) in [6, 6.07) is 0.0797. The number of methoxy groups -OCH3 is 2. The van der Waals surface area contributed by atoms with Crippen molar-refractivity contribution in [3.05, 3.63) is 0 Å². The van der Waals surface area contributed by atoms with E-state index >= 15 is 0 Å². The van der Waals surface area contributed by atoms with Gasteiger partial charge in [-0.05, 0) is 0 Å². The van der Waals surface area contributed by atoms with Crippen molar-refractivity contribution in [2.75, 3.05) is 20.8 Å². The molecule has 0 aliphatic carbocycles. The van der Waals surface area contributed by atoms with Gasteiger partial charge < -0.3 is 9.47 Å². The van der Waals surface area contributed by atoms with Crippen LogP contribution in [-0.2, 0) is 21.3 Å². The van der Waals surface area contributed by atoms with Gasteiger partial charge in [-0.2, -0.15) is 0 Å². The Balaban J connectivity index is 3.12. The van der Waals surface area contributed by atoms with E-state index < -0.39 is 10.0 Å². The van der Waals surface area contributed by atoms with E-state index in [1.165, 1.54) is 18.8 Å². The number of ether oxygens (including phenoxy) is 2. The highest BCUT2D eigenvalue weighted by atomic mass is 32.2. The van der Waals surface area contributed by atoms with Crippen LogP contribution in [0, 0.1) is 0 Å². The van der Waals surface area contributed by atoms with E-state index in [-0.39, 0.29) is 17.7 Å². The van der Waals surface area contributed by atoms with E-state index in [0.717, 1.165) is 0 Å². The monoisotopic (exact) mass is 236 g/mol. The van der Waals surface area contributed by atoms with Gasteiger partial charge in [0.1, 0.15) is 0 Å². The van der Waals surface area contributed by atoms with Crippen LogP contribution in [0.1, 0.15) is 0 Å². The van der Waals surface area contributed by atoms with Crippen molar-refractivity contribution in [1.29, 1.82) is 0 Å². The molecule has 0 bridgehead atoms. The molecule has 8 nitrogen and oxygen atoms in total. The summed E-state index contributed by atoms with van der Waals surface area (Å²) in [6.45, 7) is 0.551. The maximum absolute atomic E-state index is 11.1. The lowest BCUT2D eigenvalue weighted by molar-refractivity contribution is 0.179. The average molecular weight is 236 g/mol. The summed E-state index contributed by atoms with van der Waals surface area (Å²) >= 11 is 0. The third-order valence-corrected chi connectivity index (χ3v) is 2.45. The van der Waals surface area contributed by atoms with Gasteiger partial charge in [-0.1, -0.05) is 5.10 Å². The Morgan fingerprint density at radius 1 is 1.40 bits per heavy atom. The third kappa shape index (κ3) is 2.64. The molecular formula is C6H12N4O4S. The molecule has 0 atom stereocenters. The molecule has 0 spiro atoms. The summed E-state index contributed by atoms with van der Waals surface area (Å²) in [6.07, 6.45) is 0. The number of nitrogens with zero attached hydrogens (tertiary/aromatic N) is 3. The van der Waals surface area contributed by atoms with Crippen molar-refractivity contribution in [3.63, 3.8) is 0 Å². The standard InChI is InChI=1S/C6H12N4O4S/c1-13-4-3-10-5(14-2)8-9-6(10)15(7,11)12/h3-4H2,1-2H3,(H2,7,11,12). The number of hydrogen-bond donors (Lipinski definition) is 1. The molecule has 0 aliphatic rings. The smallest absolute Gasteiger partial charge is 0.317 e. The summed E-state index contributed by atoms with van der Waals surface area (Å²) in [7, 11) is -1.04. The maximum atomic E-state index is 11.1. The highest BCUT2D eigenvalue weighted by Crippen LogP contribution is 2.12. The Morgan fingerprint density at radius 2 is 2.07 bits per heavy atom. The molecule has 86 valence electrons. The quantitative estimate of drug-likeness (QED) is 0.672. The van der Waals surface area contributed by atoms with Gasteiger partial charge >= 0.3 is 6.01 Å². The molecule has 0 radical (unpaired) electrons. The summed E-state index contributed by atoms with van der Waals surface area (Å²) in [4.78, 5) is 0. The third-order valence-electron chi connectivity index (χ3n) is 1.64. The molecule has 1 aromatic rings. The van der Waals surface area contributed by atoms with E-state index in [9.17, 15) is 8.42 Å². The van der Waals surface area contributed by atoms with Crippen LogP contribution in [0.25, 0.3) is 0 Å². The van der Waals surface area contributed by atoms with Crippen molar-refractivity contribution in [2.45, 2.75) is 11.7 Å². The molecule has 0 unspecified atom stereocenters. The van der Waals surface area contributed by atoms with Crippen LogP contribution in [0.3, 0.4) is 0 Å². The minimum atomic E-state index is -3.90. The average Bonchev–Trinajstić information content (AvgIpc) is 2.56. The second-order valence-electron chi connectivity index (χ2n) is 2.66. The van der Waals surface area contributed by atoms with E-state index in [4.69, 9.17) is 14.6 Å². The van der Waals surface area contributed by atoms with Gasteiger partial charge in [-0.15, -0.1) is 5.10 Å². The normalized spacial score (nSPS) is 11.7. The van der Waals surface area contributed by atoms with Gasteiger partial charge in [-0.25, -0.2) is 13.6 Å². The second kappa shape index (κ2) is 4.55. The highest BCUT2D eigenvalue weighted by molar-refractivity contribution is 7.89. The summed E-state index contributed by atoms with van der Waals surface area (Å²) < 4.78 is 33.1. The van der Waals surface area contributed by atoms with E-state index in [0.29, 0.717) is 6.61 Å². The van der Waals surface area contributed by atoms with Crippen LogP contribution < -0.4 is 9.88 Å². The predicted molar refractivity (Wildman–Crippen MR) is 49.8 cm³/mol. The molecule has 15 heavy (non-hydrogen) atoms. The first-order valence-corrected chi connectivity index (χ1v) is 5.54. The van der Waals surface area contributed by atoms with Crippen LogP contribution in [0.2, 0.25) is 0 Å². The fourth-order valence-corrected chi connectivity index (χ4v) is 1.64. The number of sulfonamides is 1. The molecule has 2 N–H and O–H groups in total. The minimum Gasteiger partial charge on any atom is -0.467 e. The van der Waals surface area contributed by atoms with Crippen molar-refractivity contribution in [3.8, 4) is 6.01 Å². The zero-order chi connectivity index (χ0) is 11.5. The molecule has 1 rings (SSSR count). The molecule has 0 amide bonds. The molecular weight excluding hydrogens is 224 g/mol. The predicted octanol–water partition coefficient (Wildman–Crippen LogP) is -1.42. The van der Waals surface area contributed by atoms with E-state index in [1.807, 2.05) is 0 Å². The van der Waals surface area contributed by atoms with Crippen LogP contribution in [0.5, 0.6) is 6.01 Å². The fourth-order valence-electron chi connectivity index (χ4n) is 1.01. The molecule has 0 aliphatic heterocycles. The van der Waals surface area contributed by atoms with Crippen LogP contribution >= 0.6 is 0 Å². The molecule has 1 aromatic heterocycles. The molecule has 0 saturated heterocycles. The summed E-state index contributed by atoms with van der Waals surface area (Å²) in [5.74, 6) is 0. The molecule has 0 fully saturated rings. The zero-order valence-corrected chi connectivity index (χ0v) is 9.19. The lowest BCUT2D eigenvalue weighted by Gasteiger charge is -2.06. The largest absolute Gasteiger partial charge is 0.467 e. The zero-order valence-electron chi connectivity index (χ0n) is 8.37. The van der Waals surface area contributed by atoms with Gasteiger partial charge in [-0.3, -0.25) is 4.57 Å². The summed E-state index contributed by atoms with van der Waals surface area (Å²) in [5, 5.41) is 11.6. The Hall–Kier alpha value is -1.19. The Kier molecular flexibility index (Phi) is 3.61. The highest BCUT2D eigenvalue weighted by Gasteiger charge is 2.21. The van der Waals surface area contributed by atoms with Crippen molar-refractivity contribution >= 4 is 10.0 Å². The van der Waals surface area contributed by atoms with Crippen molar-refractivity contribution in [2.24, 2.45) is 5.14 Å². The van der Waals surface area contributed by atoms with Crippen LogP contribution in [0.4, 0.5) is 0 Å². The first-order chi connectivity index (χ1) is 7.00. The number of hydrogen-bond acceptors (Lipinski definition) is 6. The Morgan fingerprint density at radius 3 is 2.53 bits per heavy atom. The lowest BCUT2D eigenvalue weighted by atomic mass is 10.7. The van der Waals surface area contributed by atoms with Gasteiger partial charge in [0, 0.05) is 7.11 Å². The number of primary sulfonamides is 1. The minimum absolute atomic E-state index is 0.0797. The van der Waals surface area contributed by atoms with Gasteiger partial charge in [0.2, 0.25) is 0 Å². The van der Waals surface area contributed by atoms with Gasteiger partial charge in [0.05, 0.1) is 20.3 Å². The first kappa shape index (κ1) is 11.9.